The SMILES string of the molecule is O=C(O)C1CC1Nc1cc(Nc2cc[nH]c2)ncn1. The van der Waals surface area contributed by atoms with Crippen LogP contribution >= 0.6 is 0 Å². The zero-order chi connectivity index (χ0) is 13.2. The topological polar surface area (TPSA) is 103 Å². The lowest BCUT2D eigenvalue weighted by atomic mass is 10.4. The molecule has 0 amide bonds. The highest BCUT2D eigenvalue weighted by atomic mass is 16.4. The predicted molar refractivity (Wildman–Crippen MR) is 69.3 cm³/mol. The van der Waals surface area contributed by atoms with Crippen LogP contribution in [0.1, 0.15) is 6.42 Å². The summed E-state index contributed by atoms with van der Waals surface area (Å²) in [6.45, 7) is 0. The van der Waals surface area contributed by atoms with Gasteiger partial charge in [-0.15, -0.1) is 0 Å². The molecule has 1 aliphatic carbocycles. The first kappa shape index (κ1) is 11.5. The number of anilines is 3. The van der Waals surface area contributed by atoms with E-state index >= 15 is 0 Å². The monoisotopic (exact) mass is 259 g/mol. The number of aromatic nitrogens is 3. The summed E-state index contributed by atoms with van der Waals surface area (Å²) in [5, 5.41) is 15.0. The van der Waals surface area contributed by atoms with Gasteiger partial charge in [-0.1, -0.05) is 0 Å². The Morgan fingerprint density at radius 2 is 2.26 bits per heavy atom. The van der Waals surface area contributed by atoms with Crippen molar-refractivity contribution in [2.45, 2.75) is 12.5 Å². The summed E-state index contributed by atoms with van der Waals surface area (Å²) in [7, 11) is 0. The molecule has 1 saturated carbocycles. The van der Waals surface area contributed by atoms with Gasteiger partial charge in [0, 0.05) is 24.5 Å². The molecule has 3 rings (SSSR count). The molecule has 1 fully saturated rings. The molecular formula is C12H13N5O2. The first-order valence-corrected chi connectivity index (χ1v) is 5.93. The van der Waals surface area contributed by atoms with E-state index in [1.807, 2.05) is 18.5 Å². The fourth-order valence-corrected chi connectivity index (χ4v) is 1.87. The van der Waals surface area contributed by atoms with Crippen molar-refractivity contribution in [3.63, 3.8) is 0 Å². The third-order valence-electron chi connectivity index (χ3n) is 2.98. The van der Waals surface area contributed by atoms with E-state index in [2.05, 4.69) is 25.6 Å². The quantitative estimate of drug-likeness (QED) is 0.647. The molecule has 98 valence electrons. The number of aromatic amines is 1. The maximum absolute atomic E-state index is 10.8. The van der Waals surface area contributed by atoms with Gasteiger partial charge in [0.2, 0.25) is 0 Å². The maximum atomic E-state index is 10.8. The van der Waals surface area contributed by atoms with Crippen LogP contribution in [0.25, 0.3) is 0 Å². The van der Waals surface area contributed by atoms with Gasteiger partial charge in [-0.2, -0.15) is 0 Å². The summed E-state index contributed by atoms with van der Waals surface area (Å²) in [6, 6.07) is 3.60. The van der Waals surface area contributed by atoms with Crippen LogP contribution in [0.3, 0.4) is 0 Å². The second-order valence-corrected chi connectivity index (χ2v) is 4.44. The first-order chi connectivity index (χ1) is 9.22. The molecular weight excluding hydrogens is 246 g/mol. The molecule has 0 spiro atoms. The highest BCUT2D eigenvalue weighted by Crippen LogP contribution is 2.33. The normalized spacial score (nSPS) is 20.8. The number of carboxylic acid groups (broad SMARTS) is 1. The summed E-state index contributed by atoms with van der Waals surface area (Å²) in [6.07, 6.45) is 5.70. The van der Waals surface area contributed by atoms with Gasteiger partial charge in [0.1, 0.15) is 18.0 Å². The van der Waals surface area contributed by atoms with Crippen LogP contribution in [0.4, 0.5) is 17.3 Å². The van der Waals surface area contributed by atoms with Crippen molar-refractivity contribution < 1.29 is 9.90 Å². The minimum Gasteiger partial charge on any atom is -0.481 e. The molecule has 2 unspecified atom stereocenters. The van der Waals surface area contributed by atoms with Crippen molar-refractivity contribution in [3.8, 4) is 0 Å². The maximum Gasteiger partial charge on any atom is 0.308 e. The zero-order valence-electron chi connectivity index (χ0n) is 10.00. The number of nitrogens with one attached hydrogen (secondary N) is 3. The van der Waals surface area contributed by atoms with Crippen molar-refractivity contribution in [1.82, 2.24) is 15.0 Å². The average molecular weight is 259 g/mol. The average Bonchev–Trinajstić information content (AvgIpc) is 2.96. The van der Waals surface area contributed by atoms with Crippen molar-refractivity contribution in [2.75, 3.05) is 10.6 Å². The Kier molecular flexibility index (Phi) is 2.79. The summed E-state index contributed by atoms with van der Waals surface area (Å²) in [4.78, 5) is 21.9. The zero-order valence-corrected chi connectivity index (χ0v) is 10.00. The van der Waals surface area contributed by atoms with Crippen LogP contribution in [0.5, 0.6) is 0 Å². The van der Waals surface area contributed by atoms with Gasteiger partial charge in [-0.25, -0.2) is 9.97 Å². The lowest BCUT2D eigenvalue weighted by Gasteiger charge is -2.06. The number of hydrogen-bond acceptors (Lipinski definition) is 5. The third-order valence-corrected chi connectivity index (χ3v) is 2.98. The molecule has 0 aliphatic heterocycles. The van der Waals surface area contributed by atoms with Crippen molar-refractivity contribution >= 4 is 23.3 Å². The van der Waals surface area contributed by atoms with Crippen LogP contribution in [-0.2, 0) is 4.79 Å². The van der Waals surface area contributed by atoms with Crippen LogP contribution in [-0.4, -0.2) is 32.1 Å². The molecule has 7 heteroatoms. The highest BCUT2D eigenvalue weighted by molar-refractivity contribution is 5.75. The van der Waals surface area contributed by atoms with Gasteiger partial charge >= 0.3 is 5.97 Å². The summed E-state index contributed by atoms with van der Waals surface area (Å²) < 4.78 is 0. The third kappa shape index (κ3) is 2.65. The standard InChI is InChI=1S/C12H13N5O2/c18-12(19)8-3-9(8)17-11-4-10(14-6-15-11)16-7-1-2-13-5-7/h1-2,4-6,8-9,13H,3H2,(H,18,19)(H2,14,15,16,17). The van der Waals surface area contributed by atoms with E-state index in [4.69, 9.17) is 5.11 Å². The molecule has 0 bridgehead atoms. The molecule has 0 radical (unpaired) electrons. The fraction of sp³-hybridized carbons (Fsp3) is 0.250. The Morgan fingerprint density at radius 1 is 1.42 bits per heavy atom. The van der Waals surface area contributed by atoms with Crippen molar-refractivity contribution in [2.24, 2.45) is 5.92 Å². The number of H-pyrrole nitrogens is 1. The molecule has 7 nitrogen and oxygen atoms in total. The molecule has 2 aromatic heterocycles. The number of carboxylic acids is 1. The number of aliphatic carboxylic acids is 1. The van der Waals surface area contributed by atoms with Gasteiger partial charge in [-0.05, 0) is 12.5 Å². The first-order valence-electron chi connectivity index (χ1n) is 5.93. The largest absolute Gasteiger partial charge is 0.481 e. The molecule has 4 N–H and O–H groups in total. The minimum atomic E-state index is -0.766. The Morgan fingerprint density at radius 3 is 2.95 bits per heavy atom. The Hall–Kier alpha value is -2.57. The second-order valence-electron chi connectivity index (χ2n) is 4.44. The highest BCUT2D eigenvalue weighted by Gasteiger charge is 2.43. The van der Waals surface area contributed by atoms with E-state index in [1.165, 1.54) is 6.33 Å². The predicted octanol–water partition coefficient (Wildman–Crippen LogP) is 1.43. The second kappa shape index (κ2) is 4.60. The molecule has 2 heterocycles. The smallest absolute Gasteiger partial charge is 0.308 e. The van der Waals surface area contributed by atoms with Gasteiger partial charge in [0.25, 0.3) is 0 Å². The summed E-state index contributed by atoms with van der Waals surface area (Å²) >= 11 is 0. The Labute approximate surface area is 109 Å². The van der Waals surface area contributed by atoms with Gasteiger partial charge in [0.05, 0.1) is 11.6 Å². The summed E-state index contributed by atoms with van der Waals surface area (Å²) in [5.41, 5.74) is 0.902. The summed E-state index contributed by atoms with van der Waals surface area (Å²) in [5.74, 6) is 0.208. The van der Waals surface area contributed by atoms with Gasteiger partial charge < -0.3 is 20.7 Å². The molecule has 2 atom stereocenters. The number of carbonyl (C=O) groups is 1. The van der Waals surface area contributed by atoms with E-state index in [9.17, 15) is 4.79 Å². The minimum absolute atomic E-state index is 0.0347. The fourth-order valence-electron chi connectivity index (χ4n) is 1.87. The van der Waals surface area contributed by atoms with Crippen LogP contribution in [0.15, 0.2) is 30.9 Å². The number of nitrogens with zero attached hydrogens (tertiary/aromatic N) is 2. The van der Waals surface area contributed by atoms with Crippen molar-refractivity contribution in [1.29, 1.82) is 0 Å². The molecule has 2 aromatic rings. The van der Waals surface area contributed by atoms with E-state index in [0.29, 0.717) is 18.1 Å². The molecule has 0 aromatic carbocycles. The van der Waals surface area contributed by atoms with E-state index < -0.39 is 5.97 Å². The Balaban J connectivity index is 1.65. The molecule has 1 aliphatic rings. The lowest BCUT2D eigenvalue weighted by Crippen LogP contribution is -2.11. The van der Waals surface area contributed by atoms with Crippen LogP contribution in [0, 0.1) is 5.92 Å². The van der Waals surface area contributed by atoms with Gasteiger partial charge in [-0.3, -0.25) is 4.79 Å². The number of hydrogen-bond donors (Lipinski definition) is 4. The molecule has 0 saturated heterocycles. The Bertz CT molecular complexity index is 584. The lowest BCUT2D eigenvalue weighted by molar-refractivity contribution is -0.138. The van der Waals surface area contributed by atoms with Crippen LogP contribution in [0.2, 0.25) is 0 Å². The van der Waals surface area contributed by atoms with Crippen molar-refractivity contribution in [3.05, 3.63) is 30.9 Å². The number of rotatable bonds is 5. The molecule has 19 heavy (non-hydrogen) atoms. The van der Waals surface area contributed by atoms with E-state index in [-0.39, 0.29) is 12.0 Å². The van der Waals surface area contributed by atoms with Crippen LogP contribution < -0.4 is 10.6 Å². The van der Waals surface area contributed by atoms with E-state index in [0.717, 1.165) is 5.69 Å². The van der Waals surface area contributed by atoms with E-state index in [1.54, 1.807) is 6.07 Å². The van der Waals surface area contributed by atoms with Gasteiger partial charge in [0.15, 0.2) is 0 Å².